The van der Waals surface area contributed by atoms with E-state index >= 15 is 0 Å². The van der Waals surface area contributed by atoms with Crippen LogP contribution < -0.4 is 9.47 Å². The van der Waals surface area contributed by atoms with E-state index in [1.54, 1.807) is 7.11 Å². The zero-order valence-corrected chi connectivity index (χ0v) is 11.4. The van der Waals surface area contributed by atoms with Crippen LogP contribution >= 0.6 is 0 Å². The first-order valence-electron chi connectivity index (χ1n) is 6.68. The van der Waals surface area contributed by atoms with Gasteiger partial charge in [0.05, 0.1) is 20.1 Å². The Labute approximate surface area is 113 Å². The minimum absolute atomic E-state index is 0.0183. The van der Waals surface area contributed by atoms with Crippen LogP contribution in [0.3, 0.4) is 0 Å². The number of hydrogen-bond acceptors (Lipinski definition) is 3. The van der Waals surface area contributed by atoms with Gasteiger partial charge >= 0.3 is 5.97 Å². The predicted octanol–water partition coefficient (Wildman–Crippen LogP) is 3.06. The summed E-state index contributed by atoms with van der Waals surface area (Å²) < 4.78 is 11.0. The summed E-state index contributed by atoms with van der Waals surface area (Å²) in [6, 6.07) is 5.63. The molecule has 0 spiro atoms. The zero-order valence-electron chi connectivity index (χ0n) is 11.4. The van der Waals surface area contributed by atoms with Gasteiger partial charge in [-0.1, -0.05) is 6.07 Å². The number of carboxylic acid groups (broad SMARTS) is 1. The van der Waals surface area contributed by atoms with Crippen molar-refractivity contribution in [3.8, 4) is 11.5 Å². The van der Waals surface area contributed by atoms with Gasteiger partial charge in [-0.3, -0.25) is 4.79 Å². The molecule has 104 valence electrons. The van der Waals surface area contributed by atoms with Crippen molar-refractivity contribution in [1.29, 1.82) is 0 Å². The van der Waals surface area contributed by atoms with E-state index in [-0.39, 0.29) is 12.3 Å². The molecule has 1 aromatic carbocycles. The highest BCUT2D eigenvalue weighted by Gasteiger charge is 2.37. The molecule has 1 N–H and O–H groups in total. The van der Waals surface area contributed by atoms with E-state index in [0.717, 1.165) is 29.9 Å². The third-order valence-corrected chi connectivity index (χ3v) is 3.50. The minimum atomic E-state index is -0.773. The Bertz CT molecular complexity index is 451. The van der Waals surface area contributed by atoms with Gasteiger partial charge in [0.25, 0.3) is 0 Å². The molecule has 1 aromatic rings. The summed E-state index contributed by atoms with van der Waals surface area (Å²) in [5.41, 5.74) is 0.914. The monoisotopic (exact) mass is 264 g/mol. The first-order chi connectivity index (χ1) is 9.17. The van der Waals surface area contributed by atoms with Crippen molar-refractivity contribution in [3.63, 3.8) is 0 Å². The third-order valence-electron chi connectivity index (χ3n) is 3.50. The molecule has 1 atom stereocenters. The van der Waals surface area contributed by atoms with E-state index in [2.05, 4.69) is 0 Å². The second-order valence-electron chi connectivity index (χ2n) is 4.85. The van der Waals surface area contributed by atoms with Crippen molar-refractivity contribution >= 4 is 5.97 Å². The summed E-state index contributed by atoms with van der Waals surface area (Å²) in [4.78, 5) is 11.1. The van der Waals surface area contributed by atoms with Gasteiger partial charge in [-0.2, -0.15) is 0 Å². The molecule has 0 aromatic heterocycles. The average Bonchev–Trinajstić information content (AvgIpc) is 3.20. The molecule has 4 nitrogen and oxygen atoms in total. The summed E-state index contributed by atoms with van der Waals surface area (Å²) in [6.45, 7) is 2.48. The summed E-state index contributed by atoms with van der Waals surface area (Å²) in [5.74, 6) is 1.12. The fraction of sp³-hybridized carbons (Fsp3) is 0.533. The van der Waals surface area contributed by atoms with Crippen LogP contribution in [-0.4, -0.2) is 24.8 Å². The lowest BCUT2D eigenvalue weighted by Gasteiger charge is -2.21. The van der Waals surface area contributed by atoms with Crippen molar-refractivity contribution in [2.24, 2.45) is 5.92 Å². The van der Waals surface area contributed by atoms with Crippen LogP contribution in [0.25, 0.3) is 0 Å². The van der Waals surface area contributed by atoms with Crippen LogP contribution in [0.4, 0.5) is 0 Å². The van der Waals surface area contributed by atoms with Gasteiger partial charge in [-0.25, -0.2) is 0 Å². The quantitative estimate of drug-likeness (QED) is 0.822. The molecule has 0 aliphatic heterocycles. The van der Waals surface area contributed by atoms with E-state index in [9.17, 15) is 4.79 Å². The zero-order chi connectivity index (χ0) is 13.8. The molecule has 0 amide bonds. The minimum Gasteiger partial charge on any atom is -0.496 e. The maximum Gasteiger partial charge on any atom is 0.303 e. The highest BCUT2D eigenvalue weighted by molar-refractivity contribution is 5.69. The van der Waals surface area contributed by atoms with Crippen molar-refractivity contribution in [1.82, 2.24) is 0 Å². The van der Waals surface area contributed by atoms with Gasteiger partial charge in [-0.15, -0.1) is 0 Å². The van der Waals surface area contributed by atoms with Gasteiger partial charge in [0.15, 0.2) is 0 Å². The van der Waals surface area contributed by atoms with Crippen LogP contribution in [-0.2, 0) is 4.79 Å². The van der Waals surface area contributed by atoms with Crippen molar-refractivity contribution in [2.45, 2.75) is 32.1 Å². The van der Waals surface area contributed by atoms with E-state index in [1.165, 1.54) is 0 Å². The Morgan fingerprint density at radius 3 is 2.63 bits per heavy atom. The molecule has 2 rings (SSSR count). The number of benzene rings is 1. The second kappa shape index (κ2) is 5.95. The van der Waals surface area contributed by atoms with Crippen LogP contribution in [0.2, 0.25) is 0 Å². The van der Waals surface area contributed by atoms with E-state index in [4.69, 9.17) is 14.6 Å². The number of rotatable bonds is 7. The predicted molar refractivity (Wildman–Crippen MR) is 71.9 cm³/mol. The highest BCUT2D eigenvalue weighted by atomic mass is 16.5. The van der Waals surface area contributed by atoms with Crippen LogP contribution in [0.15, 0.2) is 18.2 Å². The summed E-state index contributed by atoms with van der Waals surface area (Å²) >= 11 is 0. The third kappa shape index (κ3) is 3.19. The number of ether oxygens (including phenoxy) is 2. The smallest absolute Gasteiger partial charge is 0.303 e. The van der Waals surface area contributed by atoms with Crippen LogP contribution in [0.5, 0.6) is 11.5 Å². The lowest BCUT2D eigenvalue weighted by Crippen LogP contribution is -2.11. The Kier molecular flexibility index (Phi) is 4.30. The number of aliphatic carboxylic acids is 1. The molecule has 0 heterocycles. The molecule has 1 aliphatic carbocycles. The molecular weight excluding hydrogens is 244 g/mol. The summed E-state index contributed by atoms with van der Waals surface area (Å²) in [6.07, 6.45) is 2.30. The molecule has 19 heavy (non-hydrogen) atoms. The summed E-state index contributed by atoms with van der Waals surface area (Å²) in [5, 5.41) is 9.12. The first-order valence-corrected chi connectivity index (χ1v) is 6.68. The molecule has 0 bridgehead atoms. The van der Waals surface area contributed by atoms with Gasteiger partial charge in [-0.05, 0) is 37.8 Å². The maximum atomic E-state index is 11.1. The van der Waals surface area contributed by atoms with Gasteiger partial charge in [0.1, 0.15) is 11.5 Å². The fourth-order valence-electron chi connectivity index (χ4n) is 2.54. The van der Waals surface area contributed by atoms with E-state index in [0.29, 0.717) is 12.5 Å². The van der Waals surface area contributed by atoms with Crippen LogP contribution in [0, 0.1) is 5.92 Å². The average molecular weight is 264 g/mol. The second-order valence-corrected chi connectivity index (χ2v) is 4.85. The molecule has 1 aliphatic rings. The molecule has 1 fully saturated rings. The van der Waals surface area contributed by atoms with Gasteiger partial charge in [0, 0.05) is 11.5 Å². The Morgan fingerprint density at radius 2 is 2.11 bits per heavy atom. The molecular formula is C15H20O4. The van der Waals surface area contributed by atoms with Crippen molar-refractivity contribution in [3.05, 3.63) is 23.8 Å². The highest BCUT2D eigenvalue weighted by Crippen LogP contribution is 2.49. The van der Waals surface area contributed by atoms with E-state index in [1.807, 2.05) is 25.1 Å². The van der Waals surface area contributed by atoms with Crippen molar-refractivity contribution in [2.75, 3.05) is 13.7 Å². The molecule has 1 unspecified atom stereocenters. The topological polar surface area (TPSA) is 55.8 Å². The van der Waals surface area contributed by atoms with Crippen LogP contribution in [0.1, 0.15) is 37.7 Å². The maximum absolute atomic E-state index is 11.1. The number of methoxy groups -OCH3 is 1. The largest absolute Gasteiger partial charge is 0.496 e. The Balaban J connectivity index is 2.40. The Morgan fingerprint density at radius 1 is 1.42 bits per heavy atom. The lowest BCUT2D eigenvalue weighted by atomic mass is 9.89. The molecule has 4 heteroatoms. The molecule has 1 saturated carbocycles. The number of carboxylic acids is 1. The lowest BCUT2D eigenvalue weighted by molar-refractivity contribution is -0.137. The van der Waals surface area contributed by atoms with E-state index < -0.39 is 5.97 Å². The molecule has 0 radical (unpaired) electrons. The fourth-order valence-corrected chi connectivity index (χ4v) is 2.54. The first kappa shape index (κ1) is 13.7. The SMILES string of the molecule is CCOc1cccc(OC)c1C(CC(=O)O)C1CC1. The number of hydrogen-bond donors (Lipinski definition) is 1. The Hall–Kier alpha value is -1.71. The standard InChI is InChI=1S/C15H20O4/c1-3-19-13-6-4-5-12(18-2)15(13)11(9-14(16)17)10-7-8-10/h4-6,10-11H,3,7-9H2,1-2H3,(H,16,17). The number of carbonyl (C=O) groups is 1. The normalized spacial score (nSPS) is 15.9. The summed E-state index contributed by atoms with van der Waals surface area (Å²) in [7, 11) is 1.61. The van der Waals surface area contributed by atoms with Gasteiger partial charge < -0.3 is 14.6 Å². The van der Waals surface area contributed by atoms with Crippen molar-refractivity contribution < 1.29 is 19.4 Å². The van der Waals surface area contributed by atoms with Gasteiger partial charge in [0.2, 0.25) is 0 Å². The molecule has 0 saturated heterocycles.